The number of carbonyl (C=O) groups is 2. The predicted molar refractivity (Wildman–Crippen MR) is 99.5 cm³/mol. The molecular weight excluding hydrogens is 354 g/mol. The summed E-state index contributed by atoms with van der Waals surface area (Å²) in [4.78, 5) is 23.3. The predicted octanol–water partition coefficient (Wildman–Crippen LogP) is 3.48. The van der Waals surface area contributed by atoms with Crippen molar-refractivity contribution < 1.29 is 23.8 Å². The average Bonchev–Trinajstić information content (AvgIpc) is 2.97. The maximum atomic E-state index is 11.7. The van der Waals surface area contributed by atoms with Gasteiger partial charge in [-0.2, -0.15) is 0 Å². The quantitative estimate of drug-likeness (QED) is 0.593. The topological polar surface area (TPSA) is 73.9 Å². The third kappa shape index (κ3) is 4.58. The van der Waals surface area contributed by atoms with Crippen molar-refractivity contribution in [2.75, 3.05) is 20.3 Å². The molecule has 0 unspecified atom stereocenters. The molecule has 1 N–H and O–H groups in total. The number of benzene rings is 2. The first-order valence-electron chi connectivity index (χ1n) is 7.89. The molecule has 134 valence electrons. The van der Waals surface area contributed by atoms with Gasteiger partial charge in [-0.15, -0.1) is 0 Å². The van der Waals surface area contributed by atoms with Crippen LogP contribution in [0.1, 0.15) is 5.56 Å². The van der Waals surface area contributed by atoms with Crippen LogP contribution < -0.4 is 19.5 Å². The van der Waals surface area contributed by atoms with Crippen LogP contribution in [0.2, 0.25) is 0 Å². The van der Waals surface area contributed by atoms with Gasteiger partial charge in [0, 0.05) is 5.56 Å². The molecule has 0 spiro atoms. The molecule has 0 bridgehead atoms. The second kappa shape index (κ2) is 8.44. The van der Waals surface area contributed by atoms with E-state index in [9.17, 15) is 9.59 Å². The van der Waals surface area contributed by atoms with Crippen molar-refractivity contribution in [2.45, 2.75) is 0 Å². The monoisotopic (exact) mass is 371 g/mol. The van der Waals surface area contributed by atoms with Crippen LogP contribution >= 0.6 is 11.8 Å². The summed E-state index contributed by atoms with van der Waals surface area (Å²) >= 11 is 0.877. The highest BCUT2D eigenvalue weighted by Crippen LogP contribution is 2.29. The summed E-state index contributed by atoms with van der Waals surface area (Å²) in [5, 5.41) is 1.86. The molecule has 26 heavy (non-hydrogen) atoms. The molecule has 3 rings (SSSR count). The maximum absolute atomic E-state index is 11.7. The molecule has 2 aromatic carbocycles. The standard InChI is InChI=1S/C19H17NO5S/c1-23-14-6-8-15(9-7-14)24-10-11-25-16-5-3-2-4-13(16)12-17-18(21)20-19(22)26-17/h2-9,12H,10-11H2,1H3,(H,20,21,22)/b17-12-. The lowest BCUT2D eigenvalue weighted by Crippen LogP contribution is -2.17. The lowest BCUT2D eigenvalue weighted by Gasteiger charge is -2.11. The van der Waals surface area contributed by atoms with Gasteiger partial charge in [0.25, 0.3) is 11.1 Å². The molecule has 2 amide bonds. The fourth-order valence-corrected chi connectivity index (χ4v) is 2.95. The maximum Gasteiger partial charge on any atom is 0.290 e. The molecule has 1 saturated heterocycles. The molecule has 1 heterocycles. The Bertz CT molecular complexity index is 832. The Balaban J connectivity index is 1.57. The molecule has 0 aromatic heterocycles. The lowest BCUT2D eigenvalue weighted by atomic mass is 10.2. The number of amides is 2. The van der Waals surface area contributed by atoms with Gasteiger partial charge in [-0.3, -0.25) is 14.9 Å². The molecular formula is C19H17NO5S. The zero-order valence-electron chi connectivity index (χ0n) is 14.1. The third-order valence-corrected chi connectivity index (χ3v) is 4.33. The van der Waals surface area contributed by atoms with Gasteiger partial charge in [0.1, 0.15) is 30.5 Å². The molecule has 0 saturated carbocycles. The van der Waals surface area contributed by atoms with E-state index in [1.807, 2.05) is 42.5 Å². The van der Waals surface area contributed by atoms with Gasteiger partial charge >= 0.3 is 0 Å². The number of imide groups is 1. The van der Waals surface area contributed by atoms with Crippen LogP contribution in [-0.2, 0) is 4.79 Å². The van der Waals surface area contributed by atoms with Crippen LogP contribution in [0.4, 0.5) is 4.79 Å². The van der Waals surface area contributed by atoms with Crippen LogP contribution in [0.5, 0.6) is 17.2 Å². The normalized spacial score (nSPS) is 15.0. The van der Waals surface area contributed by atoms with Crippen molar-refractivity contribution in [1.29, 1.82) is 0 Å². The molecule has 0 atom stereocenters. The Morgan fingerprint density at radius 3 is 2.35 bits per heavy atom. The summed E-state index contributed by atoms with van der Waals surface area (Å²) < 4.78 is 16.5. The van der Waals surface area contributed by atoms with Gasteiger partial charge in [0.2, 0.25) is 0 Å². The largest absolute Gasteiger partial charge is 0.497 e. The fourth-order valence-electron chi connectivity index (χ4n) is 2.28. The zero-order chi connectivity index (χ0) is 18.4. The van der Waals surface area contributed by atoms with Gasteiger partial charge in [0.05, 0.1) is 12.0 Å². The number of hydrogen-bond acceptors (Lipinski definition) is 6. The SMILES string of the molecule is COc1ccc(OCCOc2ccccc2/C=C2\SC(=O)NC2=O)cc1. The van der Waals surface area contributed by atoms with Crippen molar-refractivity contribution in [3.8, 4) is 17.2 Å². The van der Waals surface area contributed by atoms with Crippen LogP contribution in [0.25, 0.3) is 6.08 Å². The molecule has 6 nitrogen and oxygen atoms in total. The van der Waals surface area contributed by atoms with Gasteiger partial charge in [0.15, 0.2) is 0 Å². The van der Waals surface area contributed by atoms with E-state index in [-0.39, 0.29) is 5.24 Å². The molecule has 1 aliphatic heterocycles. The van der Waals surface area contributed by atoms with Gasteiger partial charge in [-0.05, 0) is 48.2 Å². The first-order valence-corrected chi connectivity index (χ1v) is 8.71. The Morgan fingerprint density at radius 2 is 1.65 bits per heavy atom. The van der Waals surface area contributed by atoms with Crippen molar-refractivity contribution in [2.24, 2.45) is 0 Å². The van der Waals surface area contributed by atoms with Crippen LogP contribution in [0.15, 0.2) is 53.4 Å². The summed E-state index contributed by atoms with van der Waals surface area (Å²) in [5.74, 6) is 1.72. The van der Waals surface area contributed by atoms with E-state index in [0.717, 1.165) is 28.8 Å². The summed E-state index contributed by atoms with van der Waals surface area (Å²) in [5.41, 5.74) is 0.726. The molecule has 0 radical (unpaired) electrons. The summed E-state index contributed by atoms with van der Waals surface area (Å²) in [6.45, 7) is 0.704. The Kier molecular flexibility index (Phi) is 5.80. The Hall–Kier alpha value is -2.93. The number of methoxy groups -OCH3 is 1. The minimum Gasteiger partial charge on any atom is -0.497 e. The number of para-hydroxylation sites is 1. The summed E-state index contributed by atoms with van der Waals surface area (Å²) in [6.07, 6.45) is 1.64. The highest BCUT2D eigenvalue weighted by molar-refractivity contribution is 8.18. The molecule has 2 aromatic rings. The molecule has 0 aliphatic carbocycles. The van der Waals surface area contributed by atoms with E-state index in [4.69, 9.17) is 14.2 Å². The van der Waals surface area contributed by atoms with Crippen LogP contribution in [0.3, 0.4) is 0 Å². The first-order chi connectivity index (χ1) is 12.7. The van der Waals surface area contributed by atoms with Crippen molar-refractivity contribution in [3.63, 3.8) is 0 Å². The van der Waals surface area contributed by atoms with Gasteiger partial charge < -0.3 is 14.2 Å². The van der Waals surface area contributed by atoms with Gasteiger partial charge in [-0.25, -0.2) is 0 Å². The highest BCUT2D eigenvalue weighted by Gasteiger charge is 2.25. The third-order valence-electron chi connectivity index (χ3n) is 3.52. The number of carbonyl (C=O) groups excluding carboxylic acids is 2. The van der Waals surface area contributed by atoms with Crippen molar-refractivity contribution in [1.82, 2.24) is 5.32 Å². The highest BCUT2D eigenvalue weighted by atomic mass is 32.2. The number of nitrogens with one attached hydrogen (secondary N) is 1. The van der Waals surface area contributed by atoms with E-state index in [2.05, 4.69) is 5.32 Å². The van der Waals surface area contributed by atoms with E-state index in [1.54, 1.807) is 19.3 Å². The lowest BCUT2D eigenvalue weighted by molar-refractivity contribution is -0.115. The Labute approximate surface area is 155 Å². The van der Waals surface area contributed by atoms with Crippen molar-refractivity contribution >= 4 is 29.0 Å². The van der Waals surface area contributed by atoms with E-state index >= 15 is 0 Å². The fraction of sp³-hybridized carbons (Fsp3) is 0.158. The van der Waals surface area contributed by atoms with Crippen LogP contribution in [0, 0.1) is 0 Å². The van der Waals surface area contributed by atoms with E-state index in [1.165, 1.54) is 0 Å². The number of thioether (sulfide) groups is 1. The van der Waals surface area contributed by atoms with Gasteiger partial charge in [-0.1, -0.05) is 18.2 Å². The second-order valence-corrected chi connectivity index (χ2v) is 6.28. The number of hydrogen-bond donors (Lipinski definition) is 1. The van der Waals surface area contributed by atoms with E-state index in [0.29, 0.717) is 23.9 Å². The second-order valence-electron chi connectivity index (χ2n) is 5.26. The molecule has 1 aliphatic rings. The van der Waals surface area contributed by atoms with E-state index < -0.39 is 5.91 Å². The van der Waals surface area contributed by atoms with Crippen LogP contribution in [-0.4, -0.2) is 31.5 Å². The average molecular weight is 371 g/mol. The van der Waals surface area contributed by atoms with Crippen molar-refractivity contribution in [3.05, 3.63) is 59.0 Å². The molecule has 1 fully saturated rings. The summed E-state index contributed by atoms with van der Waals surface area (Å²) in [7, 11) is 1.61. The first kappa shape index (κ1) is 17.9. The molecule has 7 heteroatoms. The smallest absolute Gasteiger partial charge is 0.290 e. The minimum atomic E-state index is -0.391. The Morgan fingerprint density at radius 1 is 0.962 bits per heavy atom. The number of rotatable bonds is 7. The zero-order valence-corrected chi connectivity index (χ0v) is 14.9. The number of ether oxygens (including phenoxy) is 3. The minimum absolute atomic E-state index is 0.338. The summed E-state index contributed by atoms with van der Waals surface area (Å²) in [6, 6.07) is 14.6.